The van der Waals surface area contributed by atoms with E-state index in [9.17, 15) is 0 Å². The molecule has 0 radical (unpaired) electrons. The van der Waals surface area contributed by atoms with E-state index in [-0.39, 0.29) is 88.2 Å². The molecule has 0 spiro atoms. The van der Waals surface area contributed by atoms with E-state index in [1.807, 2.05) is 0 Å². The molecule has 0 saturated heterocycles. The molecule has 0 rings (SSSR count). The third-order valence-electron chi connectivity index (χ3n) is 0. The number of halogens is 5. The average Bonchev–Trinajstić information content (AvgIpc) is 0. The van der Waals surface area contributed by atoms with Crippen molar-refractivity contribution < 1.29 is 0 Å². The van der Waals surface area contributed by atoms with Gasteiger partial charge in [-0.2, -0.15) is 0 Å². The Bertz CT molecular complexity index is 3.90. The van der Waals surface area contributed by atoms with Gasteiger partial charge in [0.25, 0.3) is 0 Å². The molecule has 0 N–H and O–H groups in total. The maximum absolute atomic E-state index is 0. The summed E-state index contributed by atoms with van der Waals surface area (Å²) in [5.74, 6) is 0. The fourth-order valence-electron chi connectivity index (χ4n) is 0. The summed E-state index contributed by atoms with van der Waals surface area (Å²) in [4.78, 5) is 0. The third-order valence-corrected chi connectivity index (χ3v) is 0. The van der Waals surface area contributed by atoms with Crippen LogP contribution in [0.4, 0.5) is 0 Å². The van der Waals surface area contributed by atoms with E-state index < -0.39 is 0 Å². The zero-order valence-electron chi connectivity index (χ0n) is 2.75. The molecular formula is H8BiCl5. The van der Waals surface area contributed by atoms with E-state index in [0.717, 1.165) is 0 Å². The van der Waals surface area contributed by atoms with Crippen LogP contribution in [0.5, 0.6) is 0 Å². The monoisotopic (exact) mass is 392 g/mol. The number of hydrogen-bond donors (Lipinski definition) is 0. The van der Waals surface area contributed by atoms with Gasteiger partial charge in [0.05, 0.1) is 0 Å². The van der Waals surface area contributed by atoms with E-state index in [1.54, 1.807) is 0 Å². The molecule has 0 unspecified atom stereocenters. The Labute approximate surface area is 87.4 Å². The van der Waals surface area contributed by atoms with Gasteiger partial charge < -0.3 is 0 Å². The van der Waals surface area contributed by atoms with E-state index in [4.69, 9.17) is 0 Å². The summed E-state index contributed by atoms with van der Waals surface area (Å²) < 4.78 is 0. The van der Waals surface area contributed by atoms with Gasteiger partial charge in [-0.15, -0.1) is 62.0 Å². The van der Waals surface area contributed by atoms with Crippen LogP contribution < -0.4 is 0 Å². The molecule has 48 valence electrons. The van der Waals surface area contributed by atoms with E-state index in [1.165, 1.54) is 0 Å². The summed E-state index contributed by atoms with van der Waals surface area (Å²) in [6, 6.07) is 0. The van der Waals surface area contributed by atoms with Crippen molar-refractivity contribution in [1.82, 2.24) is 0 Å². The van der Waals surface area contributed by atoms with Crippen LogP contribution in [0.2, 0.25) is 0 Å². The quantitative estimate of drug-likeness (QED) is 0.537. The second-order valence-electron chi connectivity index (χ2n) is 0. The SMILES string of the molecule is Cl.Cl.Cl.Cl.Cl.[BiH3]. The molecule has 6 heteroatoms. The van der Waals surface area contributed by atoms with Gasteiger partial charge in [0.1, 0.15) is 0 Å². The topological polar surface area (TPSA) is 0 Å². The zero-order chi connectivity index (χ0) is 0. The van der Waals surface area contributed by atoms with Crippen molar-refractivity contribution in [3.05, 3.63) is 0 Å². The first kappa shape index (κ1) is 82.3. The summed E-state index contributed by atoms with van der Waals surface area (Å²) in [5, 5.41) is 0. The molecule has 0 bridgehead atoms. The van der Waals surface area contributed by atoms with Crippen molar-refractivity contribution in [3.63, 3.8) is 0 Å². The Morgan fingerprint density at radius 2 is 0.333 bits per heavy atom. The predicted octanol–water partition coefficient (Wildman–Crippen LogP) is 0.925. The normalized spacial score (nSPS) is 0. The van der Waals surface area contributed by atoms with Crippen LogP contribution in [-0.4, -0.2) is 26.2 Å². The third kappa shape index (κ3) is 33.1. The van der Waals surface area contributed by atoms with Crippen LogP contribution in [0.3, 0.4) is 0 Å². The Morgan fingerprint density at radius 1 is 0.333 bits per heavy atom. The van der Waals surface area contributed by atoms with Gasteiger partial charge in [-0.05, 0) is 0 Å². The van der Waals surface area contributed by atoms with Crippen molar-refractivity contribution >= 4 is 88.2 Å². The molecule has 0 aromatic heterocycles. The summed E-state index contributed by atoms with van der Waals surface area (Å²) in [7, 11) is 0. The molecule has 0 fully saturated rings. The summed E-state index contributed by atoms with van der Waals surface area (Å²) in [5.41, 5.74) is 0. The predicted molar refractivity (Wildman–Crippen MR) is 46.2 cm³/mol. The Morgan fingerprint density at radius 3 is 0.333 bits per heavy atom. The molecule has 0 saturated carbocycles. The average molecular weight is 394 g/mol. The Hall–Kier alpha value is 2.33. The summed E-state index contributed by atoms with van der Waals surface area (Å²) in [6.45, 7) is 0. The zero-order valence-corrected chi connectivity index (χ0v) is 12.3. The van der Waals surface area contributed by atoms with E-state index in [0.29, 0.717) is 0 Å². The molecule has 0 aliphatic carbocycles. The van der Waals surface area contributed by atoms with Crippen molar-refractivity contribution in [3.8, 4) is 0 Å². The van der Waals surface area contributed by atoms with Crippen LogP contribution in [-0.2, 0) is 0 Å². The minimum atomic E-state index is 0. The fraction of sp³-hybridized carbons (Fsp3) is 0. The molecule has 0 amide bonds. The van der Waals surface area contributed by atoms with Crippen molar-refractivity contribution in [1.29, 1.82) is 0 Å². The fourth-order valence-corrected chi connectivity index (χ4v) is 0. The van der Waals surface area contributed by atoms with Crippen LogP contribution in [0.15, 0.2) is 0 Å². The molecule has 0 nitrogen and oxygen atoms in total. The first-order valence-electron chi connectivity index (χ1n) is 0. The Balaban J connectivity index is 0. The molecule has 0 atom stereocenters. The van der Waals surface area contributed by atoms with Crippen molar-refractivity contribution in [2.45, 2.75) is 0 Å². The molecule has 6 heavy (non-hydrogen) atoms. The maximum atomic E-state index is 0. The van der Waals surface area contributed by atoms with Gasteiger partial charge in [0.15, 0.2) is 0 Å². The molecule has 0 aromatic rings. The van der Waals surface area contributed by atoms with Crippen LogP contribution in [0, 0.1) is 0 Å². The molecule has 0 aromatic carbocycles. The summed E-state index contributed by atoms with van der Waals surface area (Å²) >= 11 is 0. The van der Waals surface area contributed by atoms with Crippen molar-refractivity contribution in [2.24, 2.45) is 0 Å². The number of hydrogen-bond acceptors (Lipinski definition) is 0. The molecular weight excluding hydrogens is 386 g/mol. The van der Waals surface area contributed by atoms with Gasteiger partial charge >= 0.3 is 26.2 Å². The molecule has 0 heterocycles. The molecule has 0 aliphatic rings. The number of rotatable bonds is 0. The molecule has 0 aliphatic heterocycles. The van der Waals surface area contributed by atoms with Gasteiger partial charge in [0.2, 0.25) is 0 Å². The van der Waals surface area contributed by atoms with Gasteiger partial charge in [-0.1, -0.05) is 0 Å². The van der Waals surface area contributed by atoms with Crippen molar-refractivity contribution in [2.75, 3.05) is 0 Å². The van der Waals surface area contributed by atoms with Gasteiger partial charge in [0, 0.05) is 0 Å². The van der Waals surface area contributed by atoms with Gasteiger partial charge in [-0.25, -0.2) is 0 Å². The standard InChI is InChI=1S/Bi.5ClH.3H/h;5*1H;;;. The first-order chi connectivity index (χ1) is 0. The second-order valence-corrected chi connectivity index (χ2v) is 0. The van der Waals surface area contributed by atoms with Gasteiger partial charge in [-0.3, -0.25) is 0 Å². The van der Waals surface area contributed by atoms with E-state index in [2.05, 4.69) is 0 Å². The van der Waals surface area contributed by atoms with E-state index >= 15 is 0 Å². The van der Waals surface area contributed by atoms with Crippen LogP contribution in [0.25, 0.3) is 0 Å². The summed E-state index contributed by atoms with van der Waals surface area (Å²) in [6.07, 6.45) is 0. The minimum absolute atomic E-state index is 0. The van der Waals surface area contributed by atoms with Crippen LogP contribution in [0.1, 0.15) is 0 Å². The Kier molecular flexibility index (Phi) is 741. The van der Waals surface area contributed by atoms with Crippen LogP contribution >= 0.6 is 62.0 Å². The second kappa shape index (κ2) is 54.0. The first-order valence-corrected chi connectivity index (χ1v) is 0.